The predicted molar refractivity (Wildman–Crippen MR) is 104 cm³/mol. The number of thiophene rings is 1. The Morgan fingerprint density at radius 2 is 2.04 bits per heavy atom. The third-order valence-corrected chi connectivity index (χ3v) is 5.64. The Morgan fingerprint density at radius 3 is 2.74 bits per heavy atom. The Kier molecular flexibility index (Phi) is 4.51. The molecule has 0 atom stereocenters. The van der Waals surface area contributed by atoms with Crippen molar-refractivity contribution in [1.82, 2.24) is 14.9 Å². The molecule has 0 unspecified atom stereocenters. The molecule has 4 N–H and O–H groups in total. The van der Waals surface area contributed by atoms with Crippen molar-refractivity contribution in [3.63, 3.8) is 0 Å². The summed E-state index contributed by atoms with van der Waals surface area (Å²) in [6.45, 7) is 1.89. The molecule has 138 valence electrons. The van der Waals surface area contributed by atoms with Gasteiger partial charge in [-0.25, -0.2) is 9.78 Å². The van der Waals surface area contributed by atoms with E-state index in [1.54, 1.807) is 18.2 Å². The number of nitrogen functional groups attached to an aromatic ring is 1. The predicted octanol–water partition coefficient (Wildman–Crippen LogP) is 2.34. The number of aromatic amines is 1. The number of rotatable bonds is 4. The minimum atomic E-state index is -0.911. The van der Waals surface area contributed by atoms with Crippen LogP contribution < -0.4 is 11.3 Å². The maximum atomic E-state index is 12.6. The van der Waals surface area contributed by atoms with Crippen LogP contribution in [0.3, 0.4) is 0 Å². The topological polar surface area (TPSA) is 112 Å². The number of hydrogen-bond acceptors (Lipinski definition) is 6. The molecular formula is C19H18N4O3S. The number of nitrogens with two attached hydrogens (primary N) is 1. The molecule has 3 heterocycles. The van der Waals surface area contributed by atoms with Gasteiger partial charge in [0.05, 0.1) is 11.3 Å². The van der Waals surface area contributed by atoms with Crippen molar-refractivity contribution in [3.05, 3.63) is 67.8 Å². The third-order valence-electron chi connectivity index (χ3n) is 4.58. The Labute approximate surface area is 159 Å². The van der Waals surface area contributed by atoms with Crippen molar-refractivity contribution in [2.75, 3.05) is 12.3 Å². The zero-order valence-electron chi connectivity index (χ0n) is 14.4. The van der Waals surface area contributed by atoms with Crippen LogP contribution in [0.25, 0.3) is 11.4 Å². The molecule has 8 heteroatoms. The molecule has 2 aromatic heterocycles. The highest BCUT2D eigenvalue weighted by atomic mass is 32.1. The van der Waals surface area contributed by atoms with Crippen molar-refractivity contribution >= 4 is 23.0 Å². The van der Waals surface area contributed by atoms with E-state index in [2.05, 4.69) is 14.9 Å². The summed E-state index contributed by atoms with van der Waals surface area (Å²) in [6.07, 6.45) is 0.679. The first-order valence-corrected chi connectivity index (χ1v) is 9.33. The lowest BCUT2D eigenvalue weighted by Crippen LogP contribution is -2.35. The number of carboxylic acid groups (broad SMARTS) is 1. The first-order valence-electron chi connectivity index (χ1n) is 8.52. The summed E-state index contributed by atoms with van der Waals surface area (Å²) in [5, 5.41) is 9.04. The van der Waals surface area contributed by atoms with Gasteiger partial charge in [0.15, 0.2) is 0 Å². The second-order valence-electron chi connectivity index (χ2n) is 6.49. The molecule has 0 radical (unpaired) electrons. The third kappa shape index (κ3) is 3.62. The molecule has 0 amide bonds. The molecule has 1 aromatic carbocycles. The fraction of sp³-hybridized carbons (Fsp3) is 0.211. The summed E-state index contributed by atoms with van der Waals surface area (Å²) >= 11 is 1.27. The highest BCUT2D eigenvalue weighted by molar-refractivity contribution is 7.13. The summed E-state index contributed by atoms with van der Waals surface area (Å²) in [7, 11) is 0. The first-order chi connectivity index (χ1) is 13.0. The standard InChI is InChI=1S/C19H18N4O3S/c20-12-3-1-11(2-4-12)17-21-15-7-8-23(10-14(15)18(24)22-17)9-13-5-6-16(27-13)19(25)26/h1-6H,7-10,20H2,(H,25,26)(H,21,22,24). The molecule has 0 saturated heterocycles. The quantitative estimate of drug-likeness (QED) is 0.597. The smallest absolute Gasteiger partial charge is 0.345 e. The SMILES string of the molecule is Nc1ccc(-c2nc3c(c(=O)[nH]2)CN(Cc2ccc(C(=O)O)s2)CC3)cc1. The molecule has 0 bridgehead atoms. The van der Waals surface area contributed by atoms with Gasteiger partial charge < -0.3 is 15.8 Å². The number of nitrogens with zero attached hydrogens (tertiary/aromatic N) is 2. The summed E-state index contributed by atoms with van der Waals surface area (Å²) < 4.78 is 0. The zero-order chi connectivity index (χ0) is 19.0. The van der Waals surface area contributed by atoms with Crippen molar-refractivity contribution in [2.45, 2.75) is 19.5 Å². The number of benzene rings is 1. The van der Waals surface area contributed by atoms with Crippen LogP contribution in [0.2, 0.25) is 0 Å². The number of carboxylic acids is 1. The fourth-order valence-corrected chi connectivity index (χ4v) is 4.08. The van der Waals surface area contributed by atoms with Crippen molar-refractivity contribution < 1.29 is 9.90 Å². The molecule has 4 rings (SSSR count). The van der Waals surface area contributed by atoms with Gasteiger partial charge in [-0.2, -0.15) is 0 Å². The second kappa shape index (κ2) is 6.98. The van der Waals surface area contributed by atoms with Crippen molar-refractivity contribution in [1.29, 1.82) is 0 Å². The molecule has 1 aliphatic heterocycles. The van der Waals surface area contributed by atoms with E-state index >= 15 is 0 Å². The van der Waals surface area contributed by atoms with Gasteiger partial charge in [0.1, 0.15) is 10.7 Å². The number of aromatic carboxylic acids is 1. The summed E-state index contributed by atoms with van der Waals surface area (Å²) in [4.78, 5) is 34.6. The molecule has 0 fully saturated rings. The Balaban J connectivity index is 1.55. The normalized spacial score (nSPS) is 14.1. The minimum Gasteiger partial charge on any atom is -0.477 e. The Morgan fingerprint density at radius 1 is 1.26 bits per heavy atom. The fourth-order valence-electron chi connectivity index (χ4n) is 3.19. The summed E-state index contributed by atoms with van der Waals surface area (Å²) in [5.74, 6) is -0.359. The van der Waals surface area contributed by atoms with Crippen LogP contribution in [0.4, 0.5) is 5.69 Å². The maximum absolute atomic E-state index is 12.6. The van der Waals surface area contributed by atoms with Gasteiger partial charge >= 0.3 is 5.97 Å². The number of fused-ring (bicyclic) bond motifs is 1. The maximum Gasteiger partial charge on any atom is 0.345 e. The number of aromatic nitrogens is 2. The highest BCUT2D eigenvalue weighted by Crippen LogP contribution is 2.23. The van der Waals surface area contributed by atoms with E-state index in [1.807, 2.05) is 18.2 Å². The lowest BCUT2D eigenvalue weighted by molar-refractivity contribution is 0.0702. The van der Waals surface area contributed by atoms with Gasteiger partial charge in [0.2, 0.25) is 0 Å². The van der Waals surface area contributed by atoms with E-state index in [1.165, 1.54) is 11.3 Å². The van der Waals surface area contributed by atoms with E-state index in [4.69, 9.17) is 10.8 Å². The van der Waals surface area contributed by atoms with Crippen LogP contribution in [-0.2, 0) is 19.5 Å². The largest absolute Gasteiger partial charge is 0.477 e. The van der Waals surface area contributed by atoms with E-state index in [9.17, 15) is 9.59 Å². The minimum absolute atomic E-state index is 0.131. The number of H-pyrrole nitrogens is 1. The van der Waals surface area contributed by atoms with Gasteiger partial charge in [-0.3, -0.25) is 9.69 Å². The molecule has 0 saturated carbocycles. The van der Waals surface area contributed by atoms with Crippen LogP contribution >= 0.6 is 11.3 Å². The van der Waals surface area contributed by atoms with Crippen molar-refractivity contribution in [3.8, 4) is 11.4 Å². The van der Waals surface area contributed by atoms with Crippen LogP contribution in [-0.4, -0.2) is 32.5 Å². The molecule has 3 aromatic rings. The molecule has 7 nitrogen and oxygen atoms in total. The number of anilines is 1. The monoisotopic (exact) mass is 382 g/mol. The Bertz CT molecular complexity index is 1060. The lowest BCUT2D eigenvalue weighted by atomic mass is 10.1. The number of nitrogens with one attached hydrogen (secondary N) is 1. The second-order valence-corrected chi connectivity index (χ2v) is 7.66. The van der Waals surface area contributed by atoms with Gasteiger partial charge in [-0.1, -0.05) is 0 Å². The average Bonchev–Trinajstić information content (AvgIpc) is 3.11. The van der Waals surface area contributed by atoms with Crippen LogP contribution in [0.1, 0.15) is 25.8 Å². The van der Waals surface area contributed by atoms with Gasteiger partial charge in [-0.05, 0) is 36.4 Å². The van der Waals surface area contributed by atoms with Gasteiger partial charge in [-0.15, -0.1) is 11.3 Å². The summed E-state index contributed by atoms with van der Waals surface area (Å²) in [6, 6.07) is 10.7. The summed E-state index contributed by atoms with van der Waals surface area (Å²) in [5.41, 5.74) is 8.56. The zero-order valence-corrected chi connectivity index (χ0v) is 15.3. The number of hydrogen-bond donors (Lipinski definition) is 3. The molecule has 0 spiro atoms. The van der Waals surface area contributed by atoms with Gasteiger partial charge in [0, 0.05) is 42.2 Å². The molecule has 1 aliphatic rings. The van der Waals surface area contributed by atoms with E-state index in [0.717, 1.165) is 22.7 Å². The Hall–Kier alpha value is -2.97. The number of carbonyl (C=O) groups is 1. The van der Waals surface area contributed by atoms with Gasteiger partial charge in [0.25, 0.3) is 5.56 Å². The molecule has 0 aliphatic carbocycles. The van der Waals surface area contributed by atoms with E-state index in [-0.39, 0.29) is 5.56 Å². The van der Waals surface area contributed by atoms with Crippen LogP contribution in [0.15, 0.2) is 41.2 Å². The highest BCUT2D eigenvalue weighted by Gasteiger charge is 2.22. The average molecular weight is 382 g/mol. The van der Waals surface area contributed by atoms with Crippen LogP contribution in [0, 0.1) is 0 Å². The molecule has 27 heavy (non-hydrogen) atoms. The first kappa shape index (κ1) is 17.4. The van der Waals surface area contributed by atoms with E-state index < -0.39 is 5.97 Å². The molecular weight excluding hydrogens is 364 g/mol. The van der Waals surface area contributed by atoms with E-state index in [0.29, 0.717) is 41.5 Å². The lowest BCUT2D eigenvalue weighted by Gasteiger charge is -2.27. The van der Waals surface area contributed by atoms with Crippen LogP contribution in [0.5, 0.6) is 0 Å². The van der Waals surface area contributed by atoms with Crippen molar-refractivity contribution in [2.24, 2.45) is 0 Å².